The van der Waals surface area contributed by atoms with Gasteiger partial charge in [0.05, 0.1) is 11.5 Å². The van der Waals surface area contributed by atoms with Crippen LogP contribution in [0.25, 0.3) is 0 Å². The van der Waals surface area contributed by atoms with E-state index in [1.165, 1.54) is 14.0 Å². The van der Waals surface area contributed by atoms with Gasteiger partial charge in [0.2, 0.25) is 6.04 Å². The molecule has 0 aromatic carbocycles. The van der Waals surface area contributed by atoms with Gasteiger partial charge in [-0.3, -0.25) is 30.1 Å². The SMILES string of the molecule is CCOC(=O)/C(=C/N/N=C1\C(N=O)C(=O)N(C)C(=O)N1C)[N+](=O)[O-]. The first-order valence-electron chi connectivity index (χ1n) is 6.48. The van der Waals surface area contributed by atoms with Crippen molar-refractivity contribution in [2.24, 2.45) is 10.3 Å². The number of hydrogen-bond acceptors (Lipinski definition) is 10. The largest absolute Gasteiger partial charge is 0.458 e. The number of esters is 1. The van der Waals surface area contributed by atoms with Crippen LogP contribution in [0.15, 0.2) is 22.2 Å². The van der Waals surface area contributed by atoms with Gasteiger partial charge in [0.15, 0.2) is 5.84 Å². The number of hydrogen-bond donors (Lipinski definition) is 1. The predicted octanol–water partition coefficient (Wildman–Crippen LogP) is -0.770. The zero-order valence-corrected chi connectivity index (χ0v) is 13.0. The quantitative estimate of drug-likeness (QED) is 0.216. The van der Waals surface area contributed by atoms with Crippen molar-refractivity contribution in [3.05, 3.63) is 26.9 Å². The number of urea groups is 1. The van der Waals surface area contributed by atoms with E-state index < -0.39 is 34.6 Å². The van der Waals surface area contributed by atoms with Crippen molar-refractivity contribution in [1.82, 2.24) is 15.2 Å². The fourth-order valence-electron chi connectivity index (χ4n) is 1.67. The van der Waals surface area contributed by atoms with Crippen molar-refractivity contribution >= 4 is 23.7 Å². The lowest BCUT2D eigenvalue weighted by molar-refractivity contribution is -0.421. The van der Waals surface area contributed by atoms with Crippen molar-refractivity contribution in [1.29, 1.82) is 0 Å². The summed E-state index contributed by atoms with van der Waals surface area (Å²) in [6, 6.07) is -2.38. The molecule has 0 bridgehead atoms. The number of amides is 3. The number of likely N-dealkylation sites (N-methyl/N-ethyl adjacent to an activating group) is 2. The van der Waals surface area contributed by atoms with E-state index in [9.17, 15) is 29.4 Å². The normalized spacial score (nSPS) is 20.2. The summed E-state index contributed by atoms with van der Waals surface area (Å²) in [5, 5.41) is 16.9. The number of imide groups is 1. The molecule has 1 heterocycles. The molecule has 1 saturated heterocycles. The van der Waals surface area contributed by atoms with Gasteiger partial charge in [-0.1, -0.05) is 0 Å². The molecule has 1 atom stereocenters. The molecule has 0 saturated carbocycles. The zero-order chi connectivity index (χ0) is 18.4. The fourth-order valence-corrected chi connectivity index (χ4v) is 1.67. The molecule has 130 valence electrons. The molecular formula is C11H14N6O7. The van der Waals surface area contributed by atoms with Crippen LogP contribution in [0.2, 0.25) is 0 Å². The maximum atomic E-state index is 11.8. The number of rotatable bonds is 6. The molecule has 0 aromatic heterocycles. The first kappa shape index (κ1) is 18.7. The van der Waals surface area contributed by atoms with Crippen LogP contribution in [-0.2, 0) is 14.3 Å². The molecule has 13 nitrogen and oxygen atoms in total. The fraction of sp³-hybridized carbons (Fsp3) is 0.455. The highest BCUT2D eigenvalue weighted by molar-refractivity contribution is 6.20. The molecular weight excluding hydrogens is 328 g/mol. The van der Waals surface area contributed by atoms with Gasteiger partial charge in [0.25, 0.3) is 5.91 Å². The van der Waals surface area contributed by atoms with E-state index in [1.807, 2.05) is 5.43 Å². The number of nitrogens with one attached hydrogen (secondary N) is 1. The average Bonchev–Trinajstić information content (AvgIpc) is 2.53. The van der Waals surface area contributed by atoms with E-state index in [-0.39, 0.29) is 12.4 Å². The first-order valence-corrected chi connectivity index (χ1v) is 6.48. The molecule has 0 aliphatic carbocycles. The van der Waals surface area contributed by atoms with Crippen molar-refractivity contribution in [3.63, 3.8) is 0 Å². The van der Waals surface area contributed by atoms with Crippen LogP contribution in [0.1, 0.15) is 6.92 Å². The van der Waals surface area contributed by atoms with E-state index >= 15 is 0 Å². The molecule has 1 unspecified atom stereocenters. The van der Waals surface area contributed by atoms with Gasteiger partial charge in [0, 0.05) is 14.1 Å². The summed E-state index contributed by atoms with van der Waals surface area (Å²) in [7, 11) is 2.39. The summed E-state index contributed by atoms with van der Waals surface area (Å²) in [5.41, 5.74) is 1.09. The van der Waals surface area contributed by atoms with Crippen LogP contribution in [0.4, 0.5) is 4.79 Å². The Morgan fingerprint density at radius 2 is 2.04 bits per heavy atom. The predicted molar refractivity (Wildman–Crippen MR) is 77.8 cm³/mol. The second-order valence-electron chi connectivity index (χ2n) is 4.35. The van der Waals surface area contributed by atoms with Crippen molar-refractivity contribution < 1.29 is 24.0 Å². The van der Waals surface area contributed by atoms with Gasteiger partial charge < -0.3 is 4.74 Å². The summed E-state index contributed by atoms with van der Waals surface area (Å²) in [6.07, 6.45) is 0.605. The first-order chi connectivity index (χ1) is 11.3. The number of ether oxygens (including phenoxy) is 1. The van der Waals surface area contributed by atoms with Gasteiger partial charge in [-0.25, -0.2) is 9.59 Å². The van der Waals surface area contributed by atoms with Gasteiger partial charge in [0.1, 0.15) is 6.20 Å². The standard InChI is InChI=1S/C11H14N6O7/c1-4-24-10(19)6(17(22)23)5-12-13-8-7(14-21)9(18)16(3)11(20)15(8)2/h5,7,12H,4H2,1-3H3/b6-5-,13-8+. The summed E-state index contributed by atoms with van der Waals surface area (Å²) < 4.78 is 4.49. The van der Waals surface area contributed by atoms with E-state index in [2.05, 4.69) is 15.0 Å². The minimum atomic E-state index is -1.61. The molecule has 0 radical (unpaired) electrons. The maximum Gasteiger partial charge on any atom is 0.411 e. The minimum absolute atomic E-state index is 0.0757. The Bertz CT molecular complexity index is 643. The monoisotopic (exact) mass is 342 g/mol. The topological polar surface area (TPSA) is 164 Å². The van der Waals surface area contributed by atoms with Gasteiger partial charge in [-0.2, -0.15) is 5.10 Å². The number of nitrogens with zero attached hydrogens (tertiary/aromatic N) is 5. The summed E-state index contributed by atoms with van der Waals surface area (Å²) >= 11 is 0. The van der Waals surface area contributed by atoms with Gasteiger partial charge in [-0.05, 0) is 12.1 Å². The highest BCUT2D eigenvalue weighted by Crippen LogP contribution is 2.13. The number of nitro groups is 1. The number of hydrazone groups is 1. The lowest BCUT2D eigenvalue weighted by atomic mass is 10.2. The third kappa shape index (κ3) is 3.68. The Morgan fingerprint density at radius 1 is 1.42 bits per heavy atom. The summed E-state index contributed by atoms with van der Waals surface area (Å²) in [4.78, 5) is 57.1. The average molecular weight is 342 g/mol. The Hall–Kier alpha value is -3.38. The molecule has 1 fully saturated rings. The highest BCUT2D eigenvalue weighted by Gasteiger charge is 2.42. The maximum absolute atomic E-state index is 11.8. The molecule has 13 heteroatoms. The molecule has 1 aliphatic heterocycles. The lowest BCUT2D eigenvalue weighted by Crippen LogP contribution is -2.59. The molecule has 0 spiro atoms. The molecule has 1 aliphatic rings. The van der Waals surface area contributed by atoms with E-state index in [1.54, 1.807) is 0 Å². The smallest absolute Gasteiger partial charge is 0.411 e. The van der Waals surface area contributed by atoms with E-state index in [0.29, 0.717) is 11.1 Å². The van der Waals surface area contributed by atoms with Crippen LogP contribution in [0.3, 0.4) is 0 Å². The number of nitroso groups, excluding NO2 is 1. The molecule has 3 amide bonds. The Morgan fingerprint density at radius 3 is 2.54 bits per heavy atom. The second kappa shape index (κ2) is 7.75. The van der Waals surface area contributed by atoms with Crippen molar-refractivity contribution in [2.45, 2.75) is 13.0 Å². The Kier molecular flexibility index (Phi) is 6.03. The molecule has 24 heavy (non-hydrogen) atoms. The van der Waals surface area contributed by atoms with Gasteiger partial charge in [-0.15, -0.1) is 4.91 Å². The third-order valence-electron chi connectivity index (χ3n) is 2.89. The van der Waals surface area contributed by atoms with Crippen molar-refractivity contribution in [3.8, 4) is 0 Å². The van der Waals surface area contributed by atoms with Crippen LogP contribution >= 0.6 is 0 Å². The minimum Gasteiger partial charge on any atom is -0.458 e. The van der Waals surface area contributed by atoms with Crippen LogP contribution in [0.5, 0.6) is 0 Å². The Balaban J connectivity index is 3.08. The van der Waals surface area contributed by atoms with Crippen LogP contribution in [0, 0.1) is 15.0 Å². The number of carbonyl (C=O) groups is 3. The van der Waals surface area contributed by atoms with Gasteiger partial charge >= 0.3 is 17.7 Å². The zero-order valence-electron chi connectivity index (χ0n) is 13.0. The van der Waals surface area contributed by atoms with Crippen LogP contribution in [-0.4, -0.2) is 65.2 Å². The number of amidine groups is 1. The van der Waals surface area contributed by atoms with E-state index in [4.69, 9.17) is 0 Å². The molecule has 1 rings (SSSR count). The summed E-state index contributed by atoms with van der Waals surface area (Å²) in [5.74, 6) is -2.48. The molecule has 0 aromatic rings. The highest BCUT2D eigenvalue weighted by atomic mass is 16.6. The lowest BCUT2D eigenvalue weighted by Gasteiger charge is -2.32. The van der Waals surface area contributed by atoms with E-state index in [0.717, 1.165) is 11.9 Å². The summed E-state index contributed by atoms with van der Waals surface area (Å²) in [6.45, 7) is 1.39. The number of carbonyl (C=O) groups excluding carboxylic acids is 3. The van der Waals surface area contributed by atoms with Crippen molar-refractivity contribution in [2.75, 3.05) is 20.7 Å². The second-order valence-corrected chi connectivity index (χ2v) is 4.35. The molecule has 1 N–H and O–H groups in total. The van der Waals surface area contributed by atoms with Crippen LogP contribution < -0.4 is 5.43 Å². The third-order valence-corrected chi connectivity index (χ3v) is 2.89. The Labute approximate surface area is 135 Å².